The Labute approximate surface area is 195 Å². The number of hydrogen-bond acceptors (Lipinski definition) is 9. The van der Waals surface area contributed by atoms with Gasteiger partial charge >= 0.3 is 0 Å². The van der Waals surface area contributed by atoms with Gasteiger partial charge in [-0.25, -0.2) is 13.4 Å². The van der Waals surface area contributed by atoms with Crippen LogP contribution in [0.1, 0.15) is 25.0 Å². The molecule has 3 saturated heterocycles. The van der Waals surface area contributed by atoms with E-state index in [1.807, 2.05) is 17.9 Å². The van der Waals surface area contributed by atoms with Gasteiger partial charge in [0, 0.05) is 83.5 Å². The molecule has 3 aliphatic rings. The third-order valence-electron chi connectivity index (χ3n) is 6.53. The summed E-state index contributed by atoms with van der Waals surface area (Å²) in [6.07, 6.45) is 1.15. The van der Waals surface area contributed by atoms with Crippen molar-refractivity contribution >= 4 is 33.6 Å². The first kappa shape index (κ1) is 23.8. The lowest BCUT2D eigenvalue weighted by molar-refractivity contribution is -0.147. The second kappa shape index (κ2) is 9.90. The van der Waals surface area contributed by atoms with Crippen LogP contribution in [-0.4, -0.2) is 116 Å². The number of anilines is 2. The first-order chi connectivity index (χ1) is 15.7. The minimum atomic E-state index is -3.57. The summed E-state index contributed by atoms with van der Waals surface area (Å²) in [6.45, 7) is 7.33. The molecule has 0 aromatic carbocycles. The molecule has 0 radical (unpaired) electrons. The molecule has 0 bridgehead atoms. The van der Waals surface area contributed by atoms with Crippen molar-refractivity contribution in [3.05, 3.63) is 11.8 Å². The van der Waals surface area contributed by atoms with Crippen LogP contribution in [0.5, 0.6) is 0 Å². The highest BCUT2D eigenvalue weighted by atomic mass is 32.2. The van der Waals surface area contributed by atoms with Gasteiger partial charge in [-0.05, 0) is 20.4 Å². The molecule has 33 heavy (non-hydrogen) atoms. The molecule has 1 aromatic heterocycles. The summed E-state index contributed by atoms with van der Waals surface area (Å²) in [5, 5.41) is 0. The minimum Gasteiger partial charge on any atom is -0.354 e. The van der Waals surface area contributed by atoms with Crippen LogP contribution in [-0.2, 0) is 19.6 Å². The Morgan fingerprint density at radius 3 is 2.12 bits per heavy atom. The maximum Gasteiger partial charge on any atom is 0.229 e. The lowest BCUT2D eigenvalue weighted by Gasteiger charge is -2.36. The standard InChI is InChI=1S/C21H33N7O4S/c1-17-16-18(25-8-6-24(2)7-9-25)23-21(22-17)26-10-12-27(13-11-26)33(31,32)15-14-28-19(29)4-3-5-20(28)30/h16H,3-15H2,1-2H3. The van der Waals surface area contributed by atoms with E-state index in [0.29, 0.717) is 51.4 Å². The predicted octanol–water partition coefficient (Wildman–Crippen LogP) is -0.472. The summed E-state index contributed by atoms with van der Waals surface area (Å²) in [4.78, 5) is 41.0. The van der Waals surface area contributed by atoms with Gasteiger partial charge in [-0.3, -0.25) is 14.5 Å². The van der Waals surface area contributed by atoms with Gasteiger partial charge in [-0.1, -0.05) is 0 Å². The fraction of sp³-hybridized carbons (Fsp3) is 0.714. The van der Waals surface area contributed by atoms with E-state index in [9.17, 15) is 18.0 Å². The Morgan fingerprint density at radius 1 is 0.879 bits per heavy atom. The van der Waals surface area contributed by atoms with Crippen LogP contribution in [0, 0.1) is 6.92 Å². The van der Waals surface area contributed by atoms with Crippen molar-refractivity contribution in [2.45, 2.75) is 26.2 Å². The van der Waals surface area contributed by atoms with E-state index in [0.717, 1.165) is 42.6 Å². The van der Waals surface area contributed by atoms with E-state index in [4.69, 9.17) is 4.98 Å². The molecule has 2 amide bonds. The number of aromatic nitrogens is 2. The largest absolute Gasteiger partial charge is 0.354 e. The molecule has 0 aliphatic carbocycles. The van der Waals surface area contributed by atoms with E-state index >= 15 is 0 Å². The number of aryl methyl sites for hydroxylation is 1. The molecule has 0 atom stereocenters. The molecule has 0 unspecified atom stereocenters. The Hall–Kier alpha value is -2.31. The van der Waals surface area contributed by atoms with Crippen molar-refractivity contribution in [1.82, 2.24) is 24.1 Å². The average molecular weight is 480 g/mol. The van der Waals surface area contributed by atoms with Gasteiger partial charge in [0.1, 0.15) is 5.82 Å². The van der Waals surface area contributed by atoms with Crippen LogP contribution < -0.4 is 9.80 Å². The maximum absolute atomic E-state index is 12.8. The van der Waals surface area contributed by atoms with Gasteiger partial charge in [0.2, 0.25) is 27.8 Å². The lowest BCUT2D eigenvalue weighted by Crippen LogP contribution is -2.51. The number of carbonyl (C=O) groups excluding carboxylic acids is 2. The zero-order valence-electron chi connectivity index (χ0n) is 19.4. The number of rotatable bonds is 6. The van der Waals surface area contributed by atoms with Crippen molar-refractivity contribution in [3.63, 3.8) is 0 Å². The van der Waals surface area contributed by atoms with Gasteiger partial charge in [-0.2, -0.15) is 9.29 Å². The number of likely N-dealkylation sites (tertiary alicyclic amines) is 1. The molecule has 0 N–H and O–H groups in total. The van der Waals surface area contributed by atoms with Crippen LogP contribution in [0.3, 0.4) is 0 Å². The SMILES string of the molecule is Cc1cc(N2CCN(C)CC2)nc(N2CCN(S(=O)(=O)CCN3C(=O)CCCC3=O)CC2)n1. The third-order valence-corrected chi connectivity index (χ3v) is 8.38. The minimum absolute atomic E-state index is 0.0738. The Bertz CT molecular complexity index is 970. The summed E-state index contributed by atoms with van der Waals surface area (Å²) >= 11 is 0. The van der Waals surface area contributed by atoms with Crippen LogP contribution in [0.25, 0.3) is 0 Å². The van der Waals surface area contributed by atoms with E-state index < -0.39 is 10.0 Å². The summed E-state index contributed by atoms with van der Waals surface area (Å²) in [6, 6.07) is 2.00. The van der Waals surface area contributed by atoms with Gasteiger partial charge in [0.15, 0.2) is 0 Å². The van der Waals surface area contributed by atoms with E-state index in [2.05, 4.69) is 21.8 Å². The number of likely N-dealkylation sites (N-methyl/N-ethyl adjacent to an activating group) is 1. The number of hydrogen-bond donors (Lipinski definition) is 0. The Balaban J connectivity index is 1.35. The van der Waals surface area contributed by atoms with Gasteiger partial charge < -0.3 is 14.7 Å². The zero-order chi connectivity index (χ0) is 23.6. The molecule has 182 valence electrons. The summed E-state index contributed by atoms with van der Waals surface area (Å²) in [7, 11) is -1.45. The number of piperazine rings is 2. The molecule has 3 fully saturated rings. The summed E-state index contributed by atoms with van der Waals surface area (Å²) in [5.41, 5.74) is 0.889. The van der Waals surface area contributed by atoms with Crippen LogP contribution in [0.4, 0.5) is 11.8 Å². The monoisotopic (exact) mass is 479 g/mol. The molecule has 11 nitrogen and oxygen atoms in total. The zero-order valence-corrected chi connectivity index (χ0v) is 20.3. The Morgan fingerprint density at radius 2 is 1.48 bits per heavy atom. The fourth-order valence-electron chi connectivity index (χ4n) is 4.43. The highest BCUT2D eigenvalue weighted by molar-refractivity contribution is 7.89. The molecule has 4 rings (SSSR count). The maximum atomic E-state index is 12.8. The number of carbonyl (C=O) groups is 2. The smallest absolute Gasteiger partial charge is 0.229 e. The topological polar surface area (TPSA) is 110 Å². The number of nitrogens with zero attached hydrogens (tertiary/aromatic N) is 7. The highest BCUT2D eigenvalue weighted by Crippen LogP contribution is 2.21. The highest BCUT2D eigenvalue weighted by Gasteiger charge is 2.31. The Kier molecular flexibility index (Phi) is 7.15. The van der Waals surface area contributed by atoms with Crippen LogP contribution in [0.2, 0.25) is 0 Å². The van der Waals surface area contributed by atoms with Crippen LogP contribution in [0.15, 0.2) is 6.07 Å². The molecule has 0 spiro atoms. The van der Waals surface area contributed by atoms with Crippen LogP contribution >= 0.6 is 0 Å². The van der Waals surface area contributed by atoms with E-state index in [-0.39, 0.29) is 24.1 Å². The molecule has 3 aliphatic heterocycles. The average Bonchev–Trinajstić information content (AvgIpc) is 2.79. The normalized spacial score (nSPS) is 21.7. The molecular formula is C21H33N7O4S. The third kappa shape index (κ3) is 5.61. The second-order valence-corrected chi connectivity index (χ2v) is 11.0. The lowest BCUT2D eigenvalue weighted by atomic mass is 10.1. The van der Waals surface area contributed by atoms with Crippen molar-refractivity contribution in [2.24, 2.45) is 0 Å². The van der Waals surface area contributed by atoms with Crippen molar-refractivity contribution in [1.29, 1.82) is 0 Å². The number of imide groups is 1. The van der Waals surface area contributed by atoms with Crippen molar-refractivity contribution < 1.29 is 18.0 Å². The quantitative estimate of drug-likeness (QED) is 0.500. The fourth-order valence-corrected chi connectivity index (χ4v) is 5.82. The second-order valence-electron chi connectivity index (χ2n) is 8.95. The number of piperidine rings is 1. The first-order valence-corrected chi connectivity index (χ1v) is 13.2. The van der Waals surface area contributed by atoms with Crippen molar-refractivity contribution in [2.75, 3.05) is 81.5 Å². The summed E-state index contributed by atoms with van der Waals surface area (Å²) in [5.74, 6) is 0.749. The molecular weight excluding hydrogens is 446 g/mol. The number of sulfonamides is 1. The molecule has 0 saturated carbocycles. The number of amides is 2. The molecule has 12 heteroatoms. The van der Waals surface area contributed by atoms with Gasteiger partial charge in [0.25, 0.3) is 0 Å². The van der Waals surface area contributed by atoms with Gasteiger partial charge in [0.05, 0.1) is 5.75 Å². The van der Waals surface area contributed by atoms with Gasteiger partial charge in [-0.15, -0.1) is 0 Å². The molecule has 1 aromatic rings. The first-order valence-electron chi connectivity index (χ1n) is 11.6. The van der Waals surface area contributed by atoms with Crippen molar-refractivity contribution in [3.8, 4) is 0 Å². The van der Waals surface area contributed by atoms with E-state index in [1.54, 1.807) is 0 Å². The van der Waals surface area contributed by atoms with E-state index in [1.165, 1.54) is 4.31 Å². The molecule has 4 heterocycles. The predicted molar refractivity (Wildman–Crippen MR) is 125 cm³/mol. The summed E-state index contributed by atoms with van der Waals surface area (Å²) < 4.78 is 27.1.